The van der Waals surface area contributed by atoms with E-state index in [0.717, 1.165) is 37.2 Å². The summed E-state index contributed by atoms with van der Waals surface area (Å²) in [6, 6.07) is 7.20. The molecule has 4 rings (SSSR count). The molecule has 1 aromatic carbocycles. The number of hydrogen-bond donors (Lipinski definition) is 1. The number of nitrogens with zero attached hydrogens (tertiary/aromatic N) is 4. The Morgan fingerprint density at radius 1 is 1.24 bits per heavy atom. The van der Waals surface area contributed by atoms with Crippen LogP contribution in [0.25, 0.3) is 5.69 Å². The predicted octanol–water partition coefficient (Wildman–Crippen LogP) is 1.92. The van der Waals surface area contributed by atoms with Crippen molar-refractivity contribution in [1.82, 2.24) is 19.7 Å². The molecule has 7 heteroatoms. The third kappa shape index (κ3) is 3.14. The number of nitrogens with one attached hydrogen (secondary N) is 1. The number of carbonyl (C=O) groups is 2. The van der Waals surface area contributed by atoms with Crippen molar-refractivity contribution in [2.75, 3.05) is 11.9 Å². The molecule has 25 heavy (non-hydrogen) atoms. The van der Waals surface area contributed by atoms with Gasteiger partial charge < -0.3 is 10.2 Å². The van der Waals surface area contributed by atoms with Crippen LogP contribution in [-0.2, 0) is 9.59 Å². The summed E-state index contributed by atoms with van der Waals surface area (Å²) in [6.07, 6.45) is 5.18. The summed E-state index contributed by atoms with van der Waals surface area (Å²) in [7, 11) is 0. The summed E-state index contributed by atoms with van der Waals surface area (Å²) in [5, 5.41) is 10.8. The van der Waals surface area contributed by atoms with E-state index in [2.05, 4.69) is 15.5 Å². The van der Waals surface area contributed by atoms with Crippen LogP contribution in [0.15, 0.2) is 30.6 Å². The minimum Gasteiger partial charge on any atom is -0.330 e. The monoisotopic (exact) mass is 339 g/mol. The molecular formula is C18H21N5O2. The number of aryl methyl sites for hydroxylation is 1. The SMILES string of the molecule is Cc1nncn1-c1cccc(NC(=O)[C@H]2CCCN2C(=O)C2CC2)c1. The van der Waals surface area contributed by atoms with Crippen molar-refractivity contribution in [3.63, 3.8) is 0 Å². The lowest BCUT2D eigenvalue weighted by atomic mass is 10.2. The maximum Gasteiger partial charge on any atom is 0.247 e. The fourth-order valence-electron chi connectivity index (χ4n) is 3.37. The van der Waals surface area contributed by atoms with Crippen molar-refractivity contribution in [3.05, 3.63) is 36.4 Å². The average Bonchev–Trinajstić information content (AvgIpc) is 3.17. The van der Waals surface area contributed by atoms with Gasteiger partial charge >= 0.3 is 0 Å². The molecule has 1 atom stereocenters. The summed E-state index contributed by atoms with van der Waals surface area (Å²) in [4.78, 5) is 26.8. The molecule has 1 saturated heterocycles. The molecule has 2 amide bonds. The molecular weight excluding hydrogens is 318 g/mol. The number of hydrogen-bond acceptors (Lipinski definition) is 4. The van der Waals surface area contributed by atoms with Gasteiger partial charge in [0.2, 0.25) is 11.8 Å². The Morgan fingerprint density at radius 3 is 2.80 bits per heavy atom. The van der Waals surface area contributed by atoms with Gasteiger partial charge in [0.15, 0.2) is 0 Å². The van der Waals surface area contributed by atoms with E-state index in [1.807, 2.05) is 35.8 Å². The Morgan fingerprint density at radius 2 is 2.08 bits per heavy atom. The second-order valence-corrected chi connectivity index (χ2v) is 6.75. The van der Waals surface area contributed by atoms with Gasteiger partial charge in [0.1, 0.15) is 18.2 Å². The van der Waals surface area contributed by atoms with E-state index in [9.17, 15) is 9.59 Å². The summed E-state index contributed by atoms with van der Waals surface area (Å²) in [6.45, 7) is 2.56. The molecule has 0 bridgehead atoms. The molecule has 1 aromatic heterocycles. The molecule has 1 saturated carbocycles. The Balaban J connectivity index is 1.49. The molecule has 130 valence electrons. The van der Waals surface area contributed by atoms with Gasteiger partial charge in [0.05, 0.1) is 5.69 Å². The number of aromatic nitrogens is 3. The number of rotatable bonds is 4. The van der Waals surface area contributed by atoms with Crippen LogP contribution in [0.2, 0.25) is 0 Å². The average molecular weight is 339 g/mol. The van der Waals surface area contributed by atoms with Crippen LogP contribution in [0.4, 0.5) is 5.69 Å². The van der Waals surface area contributed by atoms with Gasteiger partial charge in [-0.25, -0.2) is 0 Å². The zero-order valence-corrected chi connectivity index (χ0v) is 14.2. The van der Waals surface area contributed by atoms with Gasteiger partial charge in [0.25, 0.3) is 0 Å². The zero-order chi connectivity index (χ0) is 17.4. The van der Waals surface area contributed by atoms with Crippen molar-refractivity contribution in [2.24, 2.45) is 5.92 Å². The highest BCUT2D eigenvalue weighted by Gasteiger charge is 2.40. The van der Waals surface area contributed by atoms with E-state index in [1.165, 1.54) is 0 Å². The van der Waals surface area contributed by atoms with Gasteiger partial charge in [-0.3, -0.25) is 14.2 Å². The Bertz CT molecular complexity index is 811. The first-order valence-electron chi connectivity index (χ1n) is 8.72. The Kier molecular flexibility index (Phi) is 3.99. The zero-order valence-electron chi connectivity index (χ0n) is 14.2. The summed E-state index contributed by atoms with van der Waals surface area (Å²) in [5.41, 5.74) is 1.60. The standard InChI is InChI=1S/C18H21N5O2/c1-12-21-19-11-23(12)15-5-2-4-14(10-15)20-17(24)16-6-3-9-22(16)18(25)13-7-8-13/h2,4-5,10-11,13,16H,3,6-9H2,1H3,(H,20,24)/t16-/m1/s1. The largest absolute Gasteiger partial charge is 0.330 e. The van der Waals surface area contributed by atoms with Crippen LogP contribution in [0.3, 0.4) is 0 Å². The molecule has 0 radical (unpaired) electrons. The van der Waals surface area contributed by atoms with Crippen LogP contribution in [0.5, 0.6) is 0 Å². The first-order chi connectivity index (χ1) is 12.1. The van der Waals surface area contributed by atoms with Crippen molar-refractivity contribution in [1.29, 1.82) is 0 Å². The van der Waals surface area contributed by atoms with Crippen LogP contribution in [0.1, 0.15) is 31.5 Å². The molecule has 0 unspecified atom stereocenters. The van der Waals surface area contributed by atoms with Crippen molar-refractivity contribution in [3.8, 4) is 5.69 Å². The normalized spacial score (nSPS) is 19.9. The van der Waals surface area contributed by atoms with Gasteiger partial charge in [-0.2, -0.15) is 0 Å². The number of likely N-dealkylation sites (tertiary alicyclic amines) is 1. The highest BCUT2D eigenvalue weighted by Crippen LogP contribution is 2.34. The third-order valence-corrected chi connectivity index (χ3v) is 4.88. The minimum absolute atomic E-state index is 0.107. The van der Waals surface area contributed by atoms with Crippen LogP contribution in [-0.4, -0.2) is 44.1 Å². The van der Waals surface area contributed by atoms with Crippen LogP contribution < -0.4 is 5.32 Å². The molecule has 0 spiro atoms. The second-order valence-electron chi connectivity index (χ2n) is 6.75. The third-order valence-electron chi connectivity index (χ3n) is 4.88. The second kappa shape index (κ2) is 6.31. The molecule has 1 aliphatic heterocycles. The van der Waals surface area contributed by atoms with E-state index in [4.69, 9.17) is 0 Å². The number of benzene rings is 1. The molecule has 2 aromatic rings. The predicted molar refractivity (Wildman–Crippen MR) is 92.2 cm³/mol. The van der Waals surface area contributed by atoms with Crippen molar-refractivity contribution in [2.45, 2.75) is 38.6 Å². The van der Waals surface area contributed by atoms with Gasteiger partial charge in [0, 0.05) is 18.2 Å². The van der Waals surface area contributed by atoms with Gasteiger partial charge in [-0.05, 0) is 50.8 Å². The summed E-state index contributed by atoms with van der Waals surface area (Å²) in [5.74, 6) is 0.963. The first kappa shape index (κ1) is 15.8. The van der Waals surface area contributed by atoms with Gasteiger partial charge in [-0.15, -0.1) is 10.2 Å². The van der Waals surface area contributed by atoms with E-state index in [1.54, 1.807) is 11.2 Å². The maximum atomic E-state index is 12.7. The van der Waals surface area contributed by atoms with Gasteiger partial charge in [-0.1, -0.05) is 6.07 Å². The maximum absolute atomic E-state index is 12.7. The Hall–Kier alpha value is -2.70. The highest BCUT2D eigenvalue weighted by molar-refractivity contribution is 5.98. The fourth-order valence-corrected chi connectivity index (χ4v) is 3.37. The topological polar surface area (TPSA) is 80.1 Å². The van der Waals surface area contributed by atoms with Crippen molar-refractivity contribution < 1.29 is 9.59 Å². The van der Waals surface area contributed by atoms with E-state index >= 15 is 0 Å². The van der Waals surface area contributed by atoms with E-state index in [-0.39, 0.29) is 23.8 Å². The smallest absolute Gasteiger partial charge is 0.247 e. The van der Waals surface area contributed by atoms with Crippen LogP contribution in [0, 0.1) is 12.8 Å². The Labute approximate surface area is 146 Å². The molecule has 2 heterocycles. The van der Waals surface area contributed by atoms with Crippen LogP contribution >= 0.6 is 0 Å². The lowest BCUT2D eigenvalue weighted by Gasteiger charge is -2.24. The first-order valence-corrected chi connectivity index (χ1v) is 8.72. The fraction of sp³-hybridized carbons (Fsp3) is 0.444. The molecule has 1 aliphatic carbocycles. The van der Waals surface area contributed by atoms with E-state index in [0.29, 0.717) is 12.2 Å². The van der Waals surface area contributed by atoms with E-state index < -0.39 is 0 Å². The summed E-state index contributed by atoms with van der Waals surface area (Å²) >= 11 is 0. The molecule has 7 nitrogen and oxygen atoms in total. The van der Waals surface area contributed by atoms with Crippen molar-refractivity contribution >= 4 is 17.5 Å². The lowest BCUT2D eigenvalue weighted by molar-refractivity contribution is -0.137. The quantitative estimate of drug-likeness (QED) is 0.923. The molecule has 1 N–H and O–H groups in total. The number of amides is 2. The highest BCUT2D eigenvalue weighted by atomic mass is 16.2. The minimum atomic E-state index is -0.353. The lowest BCUT2D eigenvalue weighted by Crippen LogP contribution is -2.43. The number of anilines is 1. The molecule has 2 fully saturated rings. The molecule has 2 aliphatic rings. The summed E-state index contributed by atoms with van der Waals surface area (Å²) < 4.78 is 1.86. The number of carbonyl (C=O) groups excluding carboxylic acids is 2.